The second kappa shape index (κ2) is 37.5. The topological polar surface area (TPSA) is 331 Å². The van der Waals surface area contributed by atoms with Gasteiger partial charge in [0.05, 0.1) is 140 Å². The molecule has 15 aromatic rings. The average Bonchev–Trinajstić information content (AvgIpc) is 1.64. The minimum atomic E-state index is -1.03. The number of hydrogen-bond acceptors (Lipinski definition) is 18. The Labute approximate surface area is 714 Å². The number of rotatable bonds is 27. The molecule has 0 amide bonds. The molecule has 0 spiro atoms. The van der Waals surface area contributed by atoms with Crippen LogP contribution in [0.25, 0.3) is 66.9 Å². The van der Waals surface area contributed by atoms with Gasteiger partial charge < -0.3 is 57.4 Å². The van der Waals surface area contributed by atoms with Crippen LogP contribution in [0.5, 0.6) is 17.6 Å². The molecule has 0 aliphatic carbocycles. The van der Waals surface area contributed by atoms with Gasteiger partial charge in [0.1, 0.15) is 72.2 Å². The third-order valence-electron chi connectivity index (χ3n) is 21.7. The van der Waals surface area contributed by atoms with Crippen molar-refractivity contribution in [3.8, 4) is 69.6 Å². The van der Waals surface area contributed by atoms with E-state index >= 15 is 13.2 Å². The first kappa shape index (κ1) is 84.2. The summed E-state index contributed by atoms with van der Waals surface area (Å²) in [7, 11) is 0. The van der Waals surface area contributed by atoms with Gasteiger partial charge in [-0.05, 0) is 163 Å². The van der Waals surface area contributed by atoms with E-state index < -0.39 is 52.8 Å². The highest BCUT2D eigenvalue weighted by Crippen LogP contribution is 2.34. The van der Waals surface area contributed by atoms with Crippen molar-refractivity contribution >= 4 is 51.0 Å². The normalized spacial score (nSPS) is 14.4. The van der Waals surface area contributed by atoms with Gasteiger partial charge in [0.2, 0.25) is 17.6 Å². The monoisotopic (exact) mass is 1700 g/mol. The number of hydrogen-bond donors (Lipinski definition) is 3. The molecule has 0 radical (unpaired) electrons. The van der Waals surface area contributed by atoms with E-state index in [1.807, 2.05) is 31.9 Å². The Hall–Kier alpha value is -15.4. The number of imidazole rings is 3. The van der Waals surface area contributed by atoms with E-state index in [2.05, 4.69) is 15.0 Å². The number of fused-ring (bicyclic) bond motifs is 3. The Morgan fingerprint density at radius 1 is 0.349 bits per heavy atom. The Morgan fingerprint density at radius 3 is 0.857 bits per heavy atom. The van der Waals surface area contributed by atoms with E-state index in [-0.39, 0.29) is 125 Å². The van der Waals surface area contributed by atoms with Crippen LogP contribution in [0.4, 0.5) is 26.3 Å². The van der Waals surface area contributed by atoms with E-state index in [1.165, 1.54) is 72.8 Å². The fraction of sp³-hybridized carbons (Fsp3) is 0.188. The van der Waals surface area contributed by atoms with Crippen molar-refractivity contribution in [3.63, 3.8) is 0 Å². The van der Waals surface area contributed by atoms with Gasteiger partial charge in [-0.3, -0.25) is 0 Å². The summed E-state index contributed by atoms with van der Waals surface area (Å²) in [5, 5.41) is 55.1. The lowest BCUT2D eigenvalue weighted by molar-refractivity contribution is -0.0591. The number of benzene rings is 9. The summed E-state index contributed by atoms with van der Waals surface area (Å²) in [6.07, 6.45) is 3.24. The van der Waals surface area contributed by atoms with E-state index in [9.17, 15) is 42.9 Å². The number of ether oxygens (including phenoxy) is 6. The molecule has 30 heteroatoms. The van der Waals surface area contributed by atoms with Crippen LogP contribution in [0.2, 0.25) is 0 Å². The zero-order valence-corrected chi connectivity index (χ0v) is 66.8. The van der Waals surface area contributed by atoms with Gasteiger partial charge in [0.15, 0.2) is 0 Å². The number of halogens is 6. The maximum atomic E-state index is 15.4. The maximum Gasteiger partial charge on any atom is 0.335 e. The van der Waals surface area contributed by atoms with Gasteiger partial charge in [-0.2, -0.15) is 15.8 Å². The molecule has 3 aliphatic rings. The second-order valence-corrected chi connectivity index (χ2v) is 29.9. The van der Waals surface area contributed by atoms with Crippen molar-refractivity contribution in [3.05, 3.63) is 338 Å². The first-order valence-electron chi connectivity index (χ1n) is 39.9. The molecule has 18 rings (SSSR count). The van der Waals surface area contributed by atoms with E-state index in [0.717, 1.165) is 37.5 Å². The zero-order valence-electron chi connectivity index (χ0n) is 66.8. The molecule has 9 heterocycles. The maximum absolute atomic E-state index is 15.4. The average molecular weight is 1700 g/mol. The molecule has 9 aromatic carbocycles. The molecule has 3 saturated heterocycles. The highest BCUT2D eigenvalue weighted by molar-refractivity contribution is 5.94. The van der Waals surface area contributed by atoms with Gasteiger partial charge in [-0.1, -0.05) is 72.8 Å². The summed E-state index contributed by atoms with van der Waals surface area (Å²) < 4.78 is 128. The Bertz CT molecular complexity index is 6220. The van der Waals surface area contributed by atoms with Crippen LogP contribution in [-0.2, 0) is 72.9 Å². The van der Waals surface area contributed by atoms with Gasteiger partial charge >= 0.3 is 17.9 Å². The van der Waals surface area contributed by atoms with Crippen molar-refractivity contribution < 1.29 is 84.5 Å². The van der Waals surface area contributed by atoms with Gasteiger partial charge in [0.25, 0.3) is 0 Å². The molecule has 3 fully saturated rings. The number of carboxylic acids is 3. The third-order valence-corrected chi connectivity index (χ3v) is 21.7. The lowest BCUT2D eigenvalue weighted by Gasteiger charge is -2.27. The second-order valence-electron chi connectivity index (χ2n) is 29.9. The number of aromatic carboxylic acids is 3. The SMILES string of the molecule is N#Cc1ccc(COc2cccc(-c3ccc(Cc4nc5ccc(C(=O)O)cc5n4CC4CCO4)c(F)c3)n2)c(F)c1.N#Cc1ccc(COc2cccc(-c3ccc(Cc4nc5ccc(C(=O)O)cc5n4CC4CCO4)c(F)c3)n2)c(F)c1.N#Cc1ccc(COc2cccc(-c3ccc(Cc4nc5ccc(C(=O)O)cc5n4CC4CCO4)c(F)c3)n2)c(F)c1. The van der Waals surface area contributed by atoms with Gasteiger partial charge in [-0.15, -0.1) is 0 Å². The fourth-order valence-corrected chi connectivity index (χ4v) is 14.5. The molecule has 3 atom stereocenters. The Kier molecular flexibility index (Phi) is 25.1. The van der Waals surface area contributed by atoms with Crippen LogP contribution >= 0.6 is 0 Å². The van der Waals surface area contributed by atoms with E-state index in [4.69, 9.17) is 59.2 Å². The minimum absolute atomic E-state index is 0.00386. The molecule has 3 N–H and O–H groups in total. The third kappa shape index (κ3) is 19.4. The van der Waals surface area contributed by atoms with Crippen LogP contribution in [0, 0.1) is 68.9 Å². The fourth-order valence-electron chi connectivity index (χ4n) is 14.5. The number of carboxylic acid groups (broad SMARTS) is 3. The molecule has 3 unspecified atom stereocenters. The summed E-state index contributed by atoms with van der Waals surface area (Å²) in [6, 6.07) is 62.1. The Balaban J connectivity index is 0.000000139. The largest absolute Gasteiger partial charge is 0.478 e. The first-order valence-corrected chi connectivity index (χ1v) is 39.9. The summed E-state index contributed by atoms with van der Waals surface area (Å²) >= 11 is 0. The number of pyridine rings is 3. The van der Waals surface area contributed by atoms with E-state index in [1.54, 1.807) is 127 Å². The van der Waals surface area contributed by atoms with Crippen LogP contribution in [0.15, 0.2) is 218 Å². The van der Waals surface area contributed by atoms with Crippen molar-refractivity contribution in [2.75, 3.05) is 19.8 Å². The molecule has 630 valence electrons. The number of nitrogens with zero attached hydrogens (tertiary/aromatic N) is 12. The first-order chi connectivity index (χ1) is 61.1. The van der Waals surface area contributed by atoms with Crippen molar-refractivity contribution in [1.29, 1.82) is 15.8 Å². The van der Waals surface area contributed by atoms with Crippen molar-refractivity contribution in [2.24, 2.45) is 0 Å². The van der Waals surface area contributed by atoms with E-state index in [0.29, 0.717) is 140 Å². The highest BCUT2D eigenvalue weighted by atomic mass is 19.1. The summed E-state index contributed by atoms with van der Waals surface area (Å²) in [5.41, 5.74) is 10.2. The zero-order chi connectivity index (χ0) is 87.6. The lowest BCUT2D eigenvalue weighted by atomic mass is 10.1. The predicted molar refractivity (Wildman–Crippen MR) is 447 cm³/mol. The molecule has 0 bridgehead atoms. The quantitative estimate of drug-likeness (QED) is 0.0403. The number of aromatic nitrogens is 9. The molecule has 126 heavy (non-hydrogen) atoms. The van der Waals surface area contributed by atoms with Crippen LogP contribution in [-0.4, -0.2) is 115 Å². The van der Waals surface area contributed by atoms with Gasteiger partial charge in [-0.25, -0.2) is 70.6 Å². The Morgan fingerprint density at radius 2 is 0.619 bits per heavy atom. The standard InChI is InChI=1S/3C32H24F2N4O4/c3*33-25-12-19(16-35)4-5-23(25)18-42-31-3-1-2-27(37-31)21-7-6-20(26(34)13-21)15-30-36-28-9-8-22(32(39)40)14-29(28)38(30)17-24-10-11-41-24/h3*1-9,12-14,24H,10-11,15,17-18H2,(H,39,40). The highest BCUT2D eigenvalue weighted by Gasteiger charge is 2.28. The molecule has 6 aromatic heterocycles. The van der Waals surface area contributed by atoms with Crippen molar-refractivity contribution in [1.82, 2.24) is 43.6 Å². The molecule has 3 aliphatic heterocycles. The van der Waals surface area contributed by atoms with Crippen LogP contribution in [0.3, 0.4) is 0 Å². The number of nitriles is 3. The summed E-state index contributed by atoms with van der Waals surface area (Å²) in [6.45, 7) is 3.28. The van der Waals surface area contributed by atoms with Crippen LogP contribution in [0.1, 0.15) is 118 Å². The van der Waals surface area contributed by atoms with Crippen molar-refractivity contribution in [2.45, 2.75) is 96.3 Å². The smallest absolute Gasteiger partial charge is 0.335 e. The van der Waals surface area contributed by atoms with Gasteiger partial charge in [0, 0.05) is 90.7 Å². The predicted octanol–water partition coefficient (Wildman–Crippen LogP) is 17.7. The molecular weight excluding hydrogens is 1630 g/mol. The van der Waals surface area contributed by atoms with Crippen LogP contribution < -0.4 is 14.2 Å². The molecule has 24 nitrogen and oxygen atoms in total. The molecular formula is C96H72F6N12O12. The lowest BCUT2D eigenvalue weighted by Crippen LogP contribution is -2.31. The minimum Gasteiger partial charge on any atom is -0.478 e. The summed E-state index contributed by atoms with van der Waals surface area (Å²) in [5.74, 6) is -3.48. The number of carbonyl (C=O) groups is 3. The molecule has 0 saturated carbocycles. The summed E-state index contributed by atoms with van der Waals surface area (Å²) in [4.78, 5) is 62.1.